The Morgan fingerprint density at radius 1 is 1.40 bits per heavy atom. The molecule has 1 amide bonds. The zero-order chi connectivity index (χ0) is 14.5. The van der Waals surface area contributed by atoms with Crippen molar-refractivity contribution in [3.63, 3.8) is 0 Å². The van der Waals surface area contributed by atoms with Crippen LogP contribution in [-0.4, -0.2) is 15.9 Å². The van der Waals surface area contributed by atoms with E-state index in [0.717, 1.165) is 5.56 Å². The maximum Gasteiger partial charge on any atom is 0.255 e. The fraction of sp³-hybridized carbons (Fsp3) is 0.214. The van der Waals surface area contributed by atoms with Crippen LogP contribution in [0.2, 0.25) is 5.02 Å². The van der Waals surface area contributed by atoms with Gasteiger partial charge in [-0.1, -0.05) is 23.7 Å². The molecule has 1 atom stereocenters. The van der Waals surface area contributed by atoms with Crippen LogP contribution in [0.25, 0.3) is 0 Å². The van der Waals surface area contributed by atoms with E-state index in [9.17, 15) is 9.18 Å². The van der Waals surface area contributed by atoms with Crippen LogP contribution in [0, 0.1) is 0 Å². The average Bonchev–Trinajstić information content (AvgIpc) is 2.46. The van der Waals surface area contributed by atoms with Gasteiger partial charge in [0.15, 0.2) is 0 Å². The van der Waals surface area contributed by atoms with Crippen molar-refractivity contribution >= 4 is 17.5 Å². The van der Waals surface area contributed by atoms with Gasteiger partial charge in [0.05, 0.1) is 11.3 Å². The molecule has 0 saturated heterocycles. The Balaban J connectivity index is 2.07. The quantitative estimate of drug-likeness (QED) is 0.942. The van der Waals surface area contributed by atoms with Crippen molar-refractivity contribution in [1.29, 1.82) is 0 Å². The zero-order valence-corrected chi connectivity index (χ0v) is 11.6. The molecule has 0 aliphatic heterocycles. The SMILES string of the molecule is CC(F)c1ncncc1C(=O)NCc1ccc(Cl)cc1. The van der Waals surface area contributed by atoms with E-state index < -0.39 is 12.1 Å². The van der Waals surface area contributed by atoms with Gasteiger partial charge in [0.25, 0.3) is 5.91 Å². The molecule has 1 aromatic carbocycles. The molecule has 4 nitrogen and oxygen atoms in total. The second-order valence-electron chi connectivity index (χ2n) is 4.25. The summed E-state index contributed by atoms with van der Waals surface area (Å²) in [5.74, 6) is -0.403. The fourth-order valence-electron chi connectivity index (χ4n) is 1.71. The number of nitrogens with one attached hydrogen (secondary N) is 1. The number of rotatable bonds is 4. The number of carbonyl (C=O) groups excluding carboxylic acids is 1. The third-order valence-corrected chi connectivity index (χ3v) is 2.98. The summed E-state index contributed by atoms with van der Waals surface area (Å²) in [4.78, 5) is 19.6. The summed E-state index contributed by atoms with van der Waals surface area (Å²) >= 11 is 5.78. The average molecular weight is 294 g/mol. The molecule has 104 valence electrons. The number of alkyl halides is 1. The van der Waals surface area contributed by atoms with E-state index in [1.165, 1.54) is 19.4 Å². The number of carbonyl (C=O) groups is 1. The lowest BCUT2D eigenvalue weighted by Crippen LogP contribution is -2.24. The van der Waals surface area contributed by atoms with Crippen LogP contribution in [0.4, 0.5) is 4.39 Å². The first kappa shape index (κ1) is 14.4. The molecule has 1 heterocycles. The Hall–Kier alpha value is -2.01. The third-order valence-electron chi connectivity index (χ3n) is 2.73. The number of hydrogen-bond acceptors (Lipinski definition) is 3. The lowest BCUT2D eigenvalue weighted by Gasteiger charge is -2.09. The summed E-state index contributed by atoms with van der Waals surface area (Å²) in [7, 11) is 0. The molecule has 1 unspecified atom stereocenters. The van der Waals surface area contributed by atoms with E-state index in [-0.39, 0.29) is 11.3 Å². The van der Waals surface area contributed by atoms with E-state index in [1.807, 2.05) is 12.1 Å². The minimum atomic E-state index is -1.32. The molecule has 2 rings (SSSR count). The van der Waals surface area contributed by atoms with E-state index in [1.54, 1.807) is 12.1 Å². The molecule has 0 bridgehead atoms. The van der Waals surface area contributed by atoms with E-state index in [2.05, 4.69) is 15.3 Å². The highest BCUT2D eigenvalue weighted by Gasteiger charge is 2.17. The lowest BCUT2D eigenvalue weighted by atomic mass is 10.1. The van der Waals surface area contributed by atoms with Crippen molar-refractivity contribution < 1.29 is 9.18 Å². The molecule has 0 radical (unpaired) electrons. The van der Waals surface area contributed by atoms with Crippen LogP contribution in [0.1, 0.15) is 34.7 Å². The van der Waals surface area contributed by atoms with Crippen LogP contribution in [0.5, 0.6) is 0 Å². The summed E-state index contributed by atoms with van der Waals surface area (Å²) in [5.41, 5.74) is 1.14. The Kier molecular flexibility index (Phi) is 4.63. The number of benzene rings is 1. The fourth-order valence-corrected chi connectivity index (χ4v) is 1.84. The maximum atomic E-state index is 13.4. The Morgan fingerprint density at radius 3 is 2.75 bits per heavy atom. The first-order valence-electron chi connectivity index (χ1n) is 6.04. The molecule has 2 aromatic rings. The number of amides is 1. The molecular weight excluding hydrogens is 281 g/mol. The van der Waals surface area contributed by atoms with Crippen LogP contribution < -0.4 is 5.32 Å². The predicted octanol–water partition coefficient (Wildman–Crippen LogP) is 3.09. The molecule has 0 fully saturated rings. The first-order valence-corrected chi connectivity index (χ1v) is 6.42. The number of aromatic nitrogens is 2. The highest BCUT2D eigenvalue weighted by atomic mass is 35.5. The number of nitrogens with zero attached hydrogens (tertiary/aromatic N) is 2. The highest BCUT2D eigenvalue weighted by Crippen LogP contribution is 2.17. The van der Waals surface area contributed by atoms with Crippen molar-refractivity contribution in [2.24, 2.45) is 0 Å². The Morgan fingerprint density at radius 2 is 2.10 bits per heavy atom. The van der Waals surface area contributed by atoms with Gasteiger partial charge in [0, 0.05) is 17.8 Å². The third kappa shape index (κ3) is 3.51. The highest BCUT2D eigenvalue weighted by molar-refractivity contribution is 6.30. The van der Waals surface area contributed by atoms with E-state index >= 15 is 0 Å². The number of hydrogen-bond donors (Lipinski definition) is 1. The second-order valence-corrected chi connectivity index (χ2v) is 4.68. The topological polar surface area (TPSA) is 54.9 Å². The van der Waals surface area contributed by atoms with Crippen molar-refractivity contribution in [2.75, 3.05) is 0 Å². The maximum absolute atomic E-state index is 13.4. The molecule has 6 heteroatoms. The first-order chi connectivity index (χ1) is 9.58. The van der Waals surface area contributed by atoms with Gasteiger partial charge < -0.3 is 5.32 Å². The van der Waals surface area contributed by atoms with Crippen LogP contribution in [0.3, 0.4) is 0 Å². The van der Waals surface area contributed by atoms with Crippen molar-refractivity contribution in [3.8, 4) is 0 Å². The molecule has 0 saturated carbocycles. The molecule has 0 spiro atoms. The monoisotopic (exact) mass is 293 g/mol. The summed E-state index contributed by atoms with van der Waals surface area (Å²) in [6.45, 7) is 1.66. The summed E-state index contributed by atoms with van der Waals surface area (Å²) in [6, 6.07) is 7.10. The smallest absolute Gasteiger partial charge is 0.255 e. The number of halogens is 2. The zero-order valence-electron chi connectivity index (χ0n) is 10.8. The predicted molar refractivity (Wildman–Crippen MR) is 74.2 cm³/mol. The molecule has 1 aromatic heterocycles. The van der Waals surface area contributed by atoms with Gasteiger partial charge in [-0.15, -0.1) is 0 Å². The van der Waals surface area contributed by atoms with E-state index in [4.69, 9.17) is 11.6 Å². The molecular formula is C14H13ClFN3O. The largest absolute Gasteiger partial charge is 0.348 e. The van der Waals surface area contributed by atoms with Gasteiger partial charge >= 0.3 is 0 Å². The van der Waals surface area contributed by atoms with Crippen molar-refractivity contribution in [1.82, 2.24) is 15.3 Å². The summed E-state index contributed by atoms with van der Waals surface area (Å²) < 4.78 is 13.4. The van der Waals surface area contributed by atoms with Gasteiger partial charge in [0.1, 0.15) is 12.5 Å². The molecule has 0 aliphatic rings. The van der Waals surface area contributed by atoms with Gasteiger partial charge in [0.2, 0.25) is 0 Å². The molecule has 1 N–H and O–H groups in total. The summed E-state index contributed by atoms with van der Waals surface area (Å²) in [5, 5.41) is 3.33. The van der Waals surface area contributed by atoms with Gasteiger partial charge in [-0.25, -0.2) is 14.4 Å². The van der Waals surface area contributed by atoms with Gasteiger partial charge in [-0.2, -0.15) is 0 Å². The summed E-state index contributed by atoms with van der Waals surface area (Å²) in [6.07, 6.45) is 1.21. The van der Waals surface area contributed by atoms with Crippen molar-refractivity contribution in [2.45, 2.75) is 19.6 Å². The Bertz CT molecular complexity index is 602. The van der Waals surface area contributed by atoms with E-state index in [0.29, 0.717) is 11.6 Å². The van der Waals surface area contributed by atoms with Crippen LogP contribution >= 0.6 is 11.6 Å². The standard InChI is InChI=1S/C14H13ClFN3O/c1-9(16)13-12(7-17-8-19-13)14(20)18-6-10-2-4-11(15)5-3-10/h2-5,7-9H,6H2,1H3,(H,18,20). The van der Waals surface area contributed by atoms with Gasteiger partial charge in [-0.05, 0) is 24.6 Å². The normalized spacial score (nSPS) is 11.9. The van der Waals surface area contributed by atoms with Gasteiger partial charge in [-0.3, -0.25) is 4.79 Å². The minimum Gasteiger partial charge on any atom is -0.348 e. The lowest BCUT2D eigenvalue weighted by molar-refractivity contribution is 0.0947. The molecule has 20 heavy (non-hydrogen) atoms. The van der Waals surface area contributed by atoms with Crippen LogP contribution in [-0.2, 0) is 6.54 Å². The Labute approximate surface area is 121 Å². The van der Waals surface area contributed by atoms with Crippen molar-refractivity contribution in [3.05, 3.63) is 58.6 Å². The molecule has 0 aliphatic carbocycles. The minimum absolute atomic E-state index is 0.0913. The second kappa shape index (κ2) is 6.43. The van der Waals surface area contributed by atoms with Crippen LogP contribution in [0.15, 0.2) is 36.8 Å².